The van der Waals surface area contributed by atoms with Gasteiger partial charge in [0.05, 0.1) is 18.8 Å². The highest BCUT2D eigenvalue weighted by molar-refractivity contribution is 5.45. The average Bonchev–Trinajstić information content (AvgIpc) is 2.82. The normalized spacial score (nSPS) is 16.9. The number of ether oxygens (including phenoxy) is 3. The molecule has 0 saturated carbocycles. The molecular weight excluding hydrogens is 218 g/mol. The van der Waals surface area contributed by atoms with Crippen molar-refractivity contribution in [1.82, 2.24) is 0 Å². The molecule has 94 valence electrons. The molecule has 0 aliphatic carbocycles. The van der Waals surface area contributed by atoms with Crippen LogP contribution in [0.15, 0.2) is 18.2 Å². The van der Waals surface area contributed by atoms with Gasteiger partial charge in [0.2, 0.25) is 6.79 Å². The molecule has 0 aromatic heterocycles. The molecule has 17 heavy (non-hydrogen) atoms. The Morgan fingerprint density at radius 3 is 2.88 bits per heavy atom. The largest absolute Gasteiger partial charge is 0.454 e. The number of hydrogen-bond donors (Lipinski definition) is 1. The first-order valence-corrected chi connectivity index (χ1v) is 5.97. The Hall–Kier alpha value is -1.26. The summed E-state index contributed by atoms with van der Waals surface area (Å²) in [6.07, 6.45) is 1.24. The van der Waals surface area contributed by atoms with E-state index in [1.54, 1.807) is 0 Å². The third-order valence-corrected chi connectivity index (χ3v) is 2.96. The van der Waals surface area contributed by atoms with E-state index < -0.39 is 0 Å². The Bertz CT molecular complexity index is 381. The third kappa shape index (κ3) is 2.90. The molecule has 0 bridgehead atoms. The van der Waals surface area contributed by atoms with Gasteiger partial charge in [-0.05, 0) is 31.0 Å². The number of nitrogens with two attached hydrogens (primary N) is 1. The van der Waals surface area contributed by atoms with Gasteiger partial charge in [0.25, 0.3) is 0 Å². The Kier molecular flexibility index (Phi) is 3.86. The van der Waals surface area contributed by atoms with Crippen molar-refractivity contribution >= 4 is 0 Å². The maximum absolute atomic E-state index is 6.07. The highest BCUT2D eigenvalue weighted by Crippen LogP contribution is 2.33. The van der Waals surface area contributed by atoms with Crippen LogP contribution >= 0.6 is 0 Å². The summed E-state index contributed by atoms with van der Waals surface area (Å²) in [5, 5.41) is 0. The van der Waals surface area contributed by atoms with Crippen molar-refractivity contribution < 1.29 is 14.2 Å². The van der Waals surface area contributed by atoms with Gasteiger partial charge >= 0.3 is 0 Å². The highest BCUT2D eigenvalue weighted by Gasteiger charge is 2.16. The molecule has 1 heterocycles. The van der Waals surface area contributed by atoms with Crippen LogP contribution in [0.1, 0.15) is 31.9 Å². The molecule has 0 radical (unpaired) electrons. The van der Waals surface area contributed by atoms with Crippen molar-refractivity contribution in [3.05, 3.63) is 23.8 Å². The van der Waals surface area contributed by atoms with Gasteiger partial charge in [-0.2, -0.15) is 0 Å². The maximum Gasteiger partial charge on any atom is 0.231 e. The molecule has 2 atom stereocenters. The minimum atomic E-state index is -0.126. The Balaban J connectivity index is 1.97. The summed E-state index contributed by atoms with van der Waals surface area (Å²) >= 11 is 0. The van der Waals surface area contributed by atoms with E-state index >= 15 is 0 Å². The van der Waals surface area contributed by atoms with Crippen molar-refractivity contribution in [1.29, 1.82) is 0 Å². The molecule has 0 amide bonds. The minimum Gasteiger partial charge on any atom is -0.454 e. The molecule has 0 saturated heterocycles. The standard InChI is InChI=1S/C13H19NO3/c1-3-9(2)15-7-11(14)10-4-5-12-13(6-10)17-8-16-12/h4-6,9,11H,3,7-8,14H2,1-2H3. The highest BCUT2D eigenvalue weighted by atomic mass is 16.7. The first-order chi connectivity index (χ1) is 8.20. The second-order valence-corrected chi connectivity index (χ2v) is 4.27. The number of rotatable bonds is 5. The van der Waals surface area contributed by atoms with Crippen LogP contribution in [-0.4, -0.2) is 19.5 Å². The summed E-state index contributed by atoms with van der Waals surface area (Å²) in [7, 11) is 0. The first-order valence-electron chi connectivity index (χ1n) is 5.97. The van der Waals surface area contributed by atoms with Gasteiger partial charge < -0.3 is 19.9 Å². The van der Waals surface area contributed by atoms with Gasteiger partial charge in [0, 0.05) is 0 Å². The van der Waals surface area contributed by atoms with Gasteiger partial charge in [-0.25, -0.2) is 0 Å². The van der Waals surface area contributed by atoms with Crippen LogP contribution in [0.3, 0.4) is 0 Å². The lowest BCUT2D eigenvalue weighted by Crippen LogP contribution is -2.20. The SMILES string of the molecule is CCC(C)OCC(N)c1ccc2c(c1)OCO2. The summed E-state index contributed by atoms with van der Waals surface area (Å²) in [6.45, 7) is 4.95. The van der Waals surface area contributed by atoms with E-state index in [1.165, 1.54) is 0 Å². The zero-order chi connectivity index (χ0) is 12.3. The van der Waals surface area contributed by atoms with E-state index in [1.807, 2.05) is 25.1 Å². The summed E-state index contributed by atoms with van der Waals surface area (Å²) < 4.78 is 16.2. The lowest BCUT2D eigenvalue weighted by molar-refractivity contribution is 0.0539. The van der Waals surface area contributed by atoms with Gasteiger partial charge in [-0.15, -0.1) is 0 Å². The third-order valence-electron chi connectivity index (χ3n) is 2.96. The molecule has 0 fully saturated rings. The summed E-state index contributed by atoms with van der Waals surface area (Å²) in [6, 6.07) is 5.64. The zero-order valence-electron chi connectivity index (χ0n) is 10.3. The van der Waals surface area contributed by atoms with E-state index in [9.17, 15) is 0 Å². The quantitative estimate of drug-likeness (QED) is 0.853. The van der Waals surface area contributed by atoms with E-state index in [0.717, 1.165) is 23.5 Å². The van der Waals surface area contributed by atoms with Crippen molar-refractivity contribution in [2.24, 2.45) is 5.73 Å². The van der Waals surface area contributed by atoms with Gasteiger partial charge in [0.1, 0.15) is 0 Å². The minimum absolute atomic E-state index is 0.126. The lowest BCUT2D eigenvalue weighted by Gasteiger charge is -2.16. The van der Waals surface area contributed by atoms with Crippen molar-refractivity contribution in [2.75, 3.05) is 13.4 Å². The monoisotopic (exact) mass is 237 g/mol. The van der Waals surface area contributed by atoms with Crippen LogP contribution in [0.5, 0.6) is 11.5 Å². The van der Waals surface area contributed by atoms with Crippen molar-refractivity contribution in [3.63, 3.8) is 0 Å². The first kappa shape index (κ1) is 12.2. The molecule has 1 aromatic carbocycles. The molecule has 2 unspecified atom stereocenters. The fourth-order valence-electron chi connectivity index (χ4n) is 1.63. The van der Waals surface area contributed by atoms with Crippen molar-refractivity contribution in [2.45, 2.75) is 32.4 Å². The Morgan fingerprint density at radius 1 is 1.35 bits per heavy atom. The molecule has 0 spiro atoms. The van der Waals surface area contributed by atoms with Gasteiger partial charge in [-0.3, -0.25) is 0 Å². The van der Waals surface area contributed by atoms with Crippen LogP contribution in [0.25, 0.3) is 0 Å². The van der Waals surface area contributed by atoms with Crippen LogP contribution < -0.4 is 15.2 Å². The Labute approximate surface area is 102 Å². The summed E-state index contributed by atoms with van der Waals surface area (Å²) in [5.74, 6) is 1.55. The second kappa shape index (κ2) is 5.38. The molecule has 4 heteroatoms. The lowest BCUT2D eigenvalue weighted by atomic mass is 10.1. The predicted octanol–water partition coefficient (Wildman–Crippen LogP) is 2.23. The fraction of sp³-hybridized carbons (Fsp3) is 0.538. The van der Waals surface area contributed by atoms with Gasteiger partial charge in [0.15, 0.2) is 11.5 Å². The maximum atomic E-state index is 6.07. The molecule has 1 aliphatic rings. The smallest absolute Gasteiger partial charge is 0.231 e. The number of fused-ring (bicyclic) bond motifs is 1. The second-order valence-electron chi connectivity index (χ2n) is 4.27. The van der Waals surface area contributed by atoms with Crippen LogP contribution in [0.4, 0.5) is 0 Å². The van der Waals surface area contributed by atoms with Gasteiger partial charge in [-0.1, -0.05) is 13.0 Å². The predicted molar refractivity (Wildman–Crippen MR) is 65.2 cm³/mol. The molecule has 2 N–H and O–H groups in total. The summed E-state index contributed by atoms with van der Waals surface area (Å²) in [5.41, 5.74) is 7.08. The summed E-state index contributed by atoms with van der Waals surface area (Å²) in [4.78, 5) is 0. The molecular formula is C13H19NO3. The number of benzene rings is 1. The Morgan fingerprint density at radius 2 is 2.12 bits per heavy atom. The number of hydrogen-bond acceptors (Lipinski definition) is 4. The molecule has 2 rings (SSSR count). The topological polar surface area (TPSA) is 53.7 Å². The van der Waals surface area contributed by atoms with E-state index in [-0.39, 0.29) is 18.9 Å². The van der Waals surface area contributed by atoms with E-state index in [0.29, 0.717) is 6.61 Å². The van der Waals surface area contributed by atoms with Crippen molar-refractivity contribution in [3.8, 4) is 11.5 Å². The molecule has 4 nitrogen and oxygen atoms in total. The molecule has 1 aromatic rings. The van der Waals surface area contributed by atoms with Crippen LogP contribution in [-0.2, 0) is 4.74 Å². The van der Waals surface area contributed by atoms with E-state index in [4.69, 9.17) is 19.9 Å². The zero-order valence-corrected chi connectivity index (χ0v) is 10.3. The van der Waals surface area contributed by atoms with Crippen LogP contribution in [0.2, 0.25) is 0 Å². The fourth-order valence-corrected chi connectivity index (χ4v) is 1.63. The molecule has 1 aliphatic heterocycles. The van der Waals surface area contributed by atoms with E-state index in [2.05, 4.69) is 6.92 Å². The van der Waals surface area contributed by atoms with Crippen LogP contribution in [0, 0.1) is 0 Å². The average molecular weight is 237 g/mol.